The first-order valence-corrected chi connectivity index (χ1v) is 2.77. The summed E-state index contributed by atoms with van der Waals surface area (Å²) in [6.07, 6.45) is 5.53. The van der Waals surface area contributed by atoms with Crippen molar-refractivity contribution in [3.8, 4) is 0 Å². The second-order valence-electron chi connectivity index (χ2n) is 1.32. The Morgan fingerprint density at radius 1 is 1.62 bits per heavy atom. The maximum atomic E-state index is 5.00. The van der Waals surface area contributed by atoms with Crippen LogP contribution < -0.4 is 0 Å². The van der Waals surface area contributed by atoms with Gasteiger partial charge in [0.05, 0.1) is 6.61 Å². The van der Waals surface area contributed by atoms with Gasteiger partial charge in [0.25, 0.3) is 0 Å². The van der Waals surface area contributed by atoms with E-state index in [0.29, 0.717) is 6.61 Å². The molecule has 0 aliphatic rings. The molecule has 0 aliphatic heterocycles. The zero-order valence-corrected chi connectivity index (χ0v) is 5.26. The highest BCUT2D eigenvalue weighted by Crippen LogP contribution is 1.75. The molecule has 0 bridgehead atoms. The van der Waals surface area contributed by atoms with Crippen LogP contribution in [0.4, 0.5) is 0 Å². The Morgan fingerprint density at radius 2 is 2.38 bits per heavy atom. The van der Waals surface area contributed by atoms with Gasteiger partial charge in [0, 0.05) is 6.61 Å². The Hall–Kier alpha value is -0.560. The molecule has 46 valence electrons. The number of hydrogen-bond donors (Lipinski definition) is 0. The fourth-order valence-corrected chi connectivity index (χ4v) is 0.338. The van der Waals surface area contributed by atoms with Crippen molar-refractivity contribution in [1.29, 1.82) is 0 Å². The molecule has 0 atom stereocenters. The molecular weight excluding hydrogens is 100 g/mol. The predicted octanol–water partition coefficient (Wildman–Crippen LogP) is 1.77. The molecule has 0 unspecified atom stereocenters. The molecule has 0 aliphatic carbocycles. The largest absolute Gasteiger partial charge is 0.378 e. The first-order chi connectivity index (χ1) is 3.91. The molecule has 0 aromatic rings. The van der Waals surface area contributed by atoms with Crippen molar-refractivity contribution < 1.29 is 4.74 Å². The summed E-state index contributed by atoms with van der Waals surface area (Å²) >= 11 is 0. The molecule has 8 heavy (non-hydrogen) atoms. The van der Waals surface area contributed by atoms with Gasteiger partial charge in [0.2, 0.25) is 0 Å². The molecule has 0 radical (unpaired) electrons. The van der Waals surface area contributed by atoms with Crippen molar-refractivity contribution in [3.05, 3.63) is 24.8 Å². The van der Waals surface area contributed by atoms with Gasteiger partial charge in [-0.25, -0.2) is 0 Å². The number of ether oxygens (including phenoxy) is 1. The van der Waals surface area contributed by atoms with Crippen LogP contribution in [0.2, 0.25) is 0 Å². The monoisotopic (exact) mass is 112 g/mol. The molecule has 0 amide bonds. The number of hydrogen-bond acceptors (Lipinski definition) is 1. The van der Waals surface area contributed by atoms with E-state index in [4.69, 9.17) is 4.74 Å². The van der Waals surface area contributed by atoms with Gasteiger partial charge in [-0.1, -0.05) is 24.8 Å². The second-order valence-corrected chi connectivity index (χ2v) is 1.32. The Bertz CT molecular complexity index is 74.5. The van der Waals surface area contributed by atoms with E-state index in [1.54, 1.807) is 6.08 Å². The Balaban J connectivity index is 2.91. The van der Waals surface area contributed by atoms with Crippen LogP contribution in [0.3, 0.4) is 0 Å². The fourth-order valence-electron chi connectivity index (χ4n) is 0.338. The topological polar surface area (TPSA) is 9.23 Å². The average Bonchev–Trinajstić information content (AvgIpc) is 1.81. The van der Waals surface area contributed by atoms with Gasteiger partial charge in [-0.05, 0) is 6.92 Å². The highest BCUT2D eigenvalue weighted by molar-refractivity contribution is 4.96. The summed E-state index contributed by atoms with van der Waals surface area (Å²) in [4.78, 5) is 0. The molecule has 0 saturated heterocycles. The number of allylic oxidation sites excluding steroid dienone is 2. The summed E-state index contributed by atoms with van der Waals surface area (Å²) < 4.78 is 5.00. The molecule has 1 heteroatoms. The summed E-state index contributed by atoms with van der Waals surface area (Å²) in [6.45, 7) is 6.97. The zero-order valence-electron chi connectivity index (χ0n) is 5.26. The molecule has 0 rings (SSSR count). The Kier molecular flexibility index (Phi) is 5.99. The van der Waals surface area contributed by atoms with Crippen LogP contribution in [0.15, 0.2) is 24.8 Å². The maximum absolute atomic E-state index is 5.00. The van der Waals surface area contributed by atoms with Crippen LogP contribution in [-0.4, -0.2) is 13.2 Å². The van der Waals surface area contributed by atoms with Gasteiger partial charge in [-0.15, -0.1) is 0 Å². The number of rotatable bonds is 4. The lowest BCUT2D eigenvalue weighted by Gasteiger charge is -1.89. The van der Waals surface area contributed by atoms with Crippen LogP contribution in [-0.2, 0) is 4.74 Å². The van der Waals surface area contributed by atoms with E-state index in [2.05, 4.69) is 6.58 Å². The normalized spacial score (nSPS) is 10.1. The third-order valence-electron chi connectivity index (χ3n) is 0.690. The molecule has 0 spiro atoms. The van der Waals surface area contributed by atoms with Gasteiger partial charge in [-0.3, -0.25) is 0 Å². The van der Waals surface area contributed by atoms with E-state index in [1.165, 1.54) is 0 Å². The predicted molar refractivity (Wildman–Crippen MR) is 35.8 cm³/mol. The smallest absolute Gasteiger partial charge is 0.0650 e. The van der Waals surface area contributed by atoms with Crippen LogP contribution in [0, 0.1) is 0 Å². The maximum Gasteiger partial charge on any atom is 0.0650 e. The minimum atomic E-state index is 0.697. The first kappa shape index (κ1) is 7.44. The molecule has 0 heterocycles. The van der Waals surface area contributed by atoms with Gasteiger partial charge >= 0.3 is 0 Å². The van der Waals surface area contributed by atoms with Crippen molar-refractivity contribution in [1.82, 2.24) is 0 Å². The average molecular weight is 112 g/mol. The van der Waals surface area contributed by atoms with E-state index in [-0.39, 0.29) is 0 Å². The molecule has 0 N–H and O–H groups in total. The SMILES string of the molecule is C=C/C=C\COCC. The minimum absolute atomic E-state index is 0.697. The highest BCUT2D eigenvalue weighted by atomic mass is 16.5. The molecular formula is C7H12O. The standard InChI is InChI=1S/C7H12O/c1-3-5-6-7-8-4-2/h3,5-6H,1,4,7H2,2H3/b6-5-. The van der Waals surface area contributed by atoms with E-state index in [1.807, 2.05) is 19.1 Å². The van der Waals surface area contributed by atoms with Crippen molar-refractivity contribution in [2.75, 3.05) is 13.2 Å². The summed E-state index contributed by atoms with van der Waals surface area (Å²) in [5.74, 6) is 0. The van der Waals surface area contributed by atoms with E-state index >= 15 is 0 Å². The quantitative estimate of drug-likeness (QED) is 0.398. The molecule has 0 aromatic carbocycles. The summed E-state index contributed by atoms with van der Waals surface area (Å²) in [7, 11) is 0. The van der Waals surface area contributed by atoms with E-state index in [0.717, 1.165) is 6.61 Å². The van der Waals surface area contributed by atoms with Crippen LogP contribution >= 0.6 is 0 Å². The Morgan fingerprint density at radius 3 is 2.88 bits per heavy atom. The first-order valence-electron chi connectivity index (χ1n) is 2.77. The van der Waals surface area contributed by atoms with E-state index < -0.39 is 0 Å². The lowest BCUT2D eigenvalue weighted by atomic mass is 10.5. The lowest BCUT2D eigenvalue weighted by molar-refractivity contribution is 0.177. The fraction of sp³-hybridized carbons (Fsp3) is 0.429. The van der Waals surface area contributed by atoms with Gasteiger partial charge in [0.1, 0.15) is 0 Å². The third kappa shape index (κ3) is 5.44. The van der Waals surface area contributed by atoms with Crippen LogP contribution in [0.25, 0.3) is 0 Å². The van der Waals surface area contributed by atoms with Crippen molar-refractivity contribution in [3.63, 3.8) is 0 Å². The molecule has 0 fully saturated rings. The lowest BCUT2D eigenvalue weighted by Crippen LogP contribution is -1.86. The van der Waals surface area contributed by atoms with Gasteiger partial charge < -0.3 is 4.74 Å². The molecule has 1 nitrogen and oxygen atoms in total. The van der Waals surface area contributed by atoms with Crippen molar-refractivity contribution >= 4 is 0 Å². The van der Waals surface area contributed by atoms with Gasteiger partial charge in [-0.2, -0.15) is 0 Å². The highest BCUT2D eigenvalue weighted by Gasteiger charge is 1.70. The summed E-state index contributed by atoms with van der Waals surface area (Å²) in [5.41, 5.74) is 0. The minimum Gasteiger partial charge on any atom is -0.378 e. The van der Waals surface area contributed by atoms with Crippen molar-refractivity contribution in [2.24, 2.45) is 0 Å². The van der Waals surface area contributed by atoms with Crippen molar-refractivity contribution in [2.45, 2.75) is 6.92 Å². The van der Waals surface area contributed by atoms with E-state index in [9.17, 15) is 0 Å². The Labute approximate surface area is 50.7 Å². The third-order valence-corrected chi connectivity index (χ3v) is 0.690. The molecule has 0 saturated carbocycles. The zero-order chi connectivity index (χ0) is 6.24. The molecule has 0 aromatic heterocycles. The summed E-state index contributed by atoms with van der Waals surface area (Å²) in [6, 6.07) is 0. The summed E-state index contributed by atoms with van der Waals surface area (Å²) in [5, 5.41) is 0. The van der Waals surface area contributed by atoms with Crippen LogP contribution in [0.5, 0.6) is 0 Å². The second kappa shape index (κ2) is 6.44. The van der Waals surface area contributed by atoms with Gasteiger partial charge in [0.15, 0.2) is 0 Å². The van der Waals surface area contributed by atoms with Crippen LogP contribution in [0.1, 0.15) is 6.92 Å².